The Balaban J connectivity index is 1.41. The number of allylic oxidation sites excluding steroid dienone is 6. The van der Waals surface area contributed by atoms with Crippen LogP contribution in [0, 0.1) is 22.7 Å². The average molecular weight is 595 g/mol. The van der Waals surface area contributed by atoms with Gasteiger partial charge >= 0.3 is 0 Å². The summed E-state index contributed by atoms with van der Waals surface area (Å²) in [5, 5.41) is 21.7. The minimum atomic E-state index is 0.0578. The van der Waals surface area contributed by atoms with E-state index in [4.69, 9.17) is 4.74 Å². The van der Waals surface area contributed by atoms with Crippen LogP contribution in [0.25, 0.3) is 34.0 Å². The second-order valence-corrected chi connectivity index (χ2v) is 11.6. The fourth-order valence-electron chi connectivity index (χ4n) is 5.95. The monoisotopic (exact) mass is 594 g/mol. The van der Waals surface area contributed by atoms with Gasteiger partial charge < -0.3 is 13.9 Å². The highest BCUT2D eigenvalue weighted by atomic mass is 16.5. The lowest BCUT2D eigenvalue weighted by atomic mass is 10.0. The van der Waals surface area contributed by atoms with Crippen LogP contribution < -0.4 is 0 Å². The summed E-state index contributed by atoms with van der Waals surface area (Å²) >= 11 is 0. The fraction of sp³-hybridized carbons (Fsp3) is 0.300. The highest BCUT2D eigenvalue weighted by molar-refractivity contribution is 5.90. The van der Waals surface area contributed by atoms with Crippen LogP contribution >= 0.6 is 0 Å². The van der Waals surface area contributed by atoms with Crippen molar-refractivity contribution in [1.29, 1.82) is 10.5 Å². The van der Waals surface area contributed by atoms with Crippen molar-refractivity contribution < 1.29 is 4.74 Å². The summed E-state index contributed by atoms with van der Waals surface area (Å²) in [6.45, 7) is 6.44. The minimum Gasteiger partial charge on any atom is -0.457 e. The van der Waals surface area contributed by atoms with E-state index < -0.39 is 0 Å². The second-order valence-electron chi connectivity index (χ2n) is 11.6. The Kier molecular flexibility index (Phi) is 10.9. The van der Waals surface area contributed by atoms with E-state index in [9.17, 15) is 10.5 Å². The molecule has 45 heavy (non-hydrogen) atoms. The van der Waals surface area contributed by atoms with Crippen LogP contribution in [0.3, 0.4) is 0 Å². The Morgan fingerprint density at radius 2 is 1.11 bits per heavy atom. The number of nitrogens with zero attached hydrogens (tertiary/aromatic N) is 4. The zero-order chi connectivity index (χ0) is 31.4. The summed E-state index contributed by atoms with van der Waals surface area (Å²) in [7, 11) is 0. The summed E-state index contributed by atoms with van der Waals surface area (Å²) in [6.07, 6.45) is 25.6. The largest absolute Gasteiger partial charge is 0.457 e. The van der Waals surface area contributed by atoms with Gasteiger partial charge in [-0.1, -0.05) is 88.8 Å². The normalized spacial score (nSPS) is 13.3. The van der Waals surface area contributed by atoms with Crippen LogP contribution in [-0.4, -0.2) is 9.13 Å². The molecule has 0 amide bonds. The molecule has 0 N–H and O–H groups in total. The lowest BCUT2D eigenvalue weighted by molar-refractivity contribution is 0.332. The molecule has 0 aliphatic carbocycles. The molecular weight excluding hydrogens is 552 g/mol. The molecule has 3 heterocycles. The molecule has 2 aromatic carbocycles. The van der Waals surface area contributed by atoms with Crippen molar-refractivity contribution in [2.75, 3.05) is 0 Å². The highest BCUT2D eigenvalue weighted by Crippen LogP contribution is 2.29. The Labute approximate surface area is 267 Å². The van der Waals surface area contributed by atoms with E-state index in [0.29, 0.717) is 17.1 Å². The third-order valence-corrected chi connectivity index (χ3v) is 8.34. The van der Waals surface area contributed by atoms with Crippen LogP contribution in [0.1, 0.15) is 76.3 Å². The molecule has 1 aliphatic rings. The Hall–Kier alpha value is -5.00. The van der Waals surface area contributed by atoms with Crippen molar-refractivity contribution in [3.8, 4) is 12.1 Å². The molecule has 0 spiro atoms. The number of aromatic nitrogens is 2. The van der Waals surface area contributed by atoms with Crippen molar-refractivity contribution in [2.45, 2.75) is 78.3 Å². The first kappa shape index (κ1) is 31.4. The zero-order valence-corrected chi connectivity index (χ0v) is 26.5. The first-order valence-corrected chi connectivity index (χ1v) is 16.3. The standard InChI is InChI=1S/C40H42N4O/c1-3-5-7-13-23-43-29-31(37-15-9-11-17-39(37)43)19-21-35-25-33(34(27-41)28-42)26-36(45-35)22-20-32-30-44(24-14-8-6-4-2)40-18-12-10-16-38(32)40/h9-12,15-22,25-26,29-30H,3-8,13-14,23-24H2,1-2H3/b21-19+,22-20+. The van der Waals surface area contributed by atoms with E-state index in [0.717, 1.165) is 37.1 Å². The van der Waals surface area contributed by atoms with E-state index in [-0.39, 0.29) is 5.57 Å². The van der Waals surface area contributed by atoms with Crippen molar-refractivity contribution >= 4 is 34.0 Å². The first-order valence-electron chi connectivity index (χ1n) is 16.3. The summed E-state index contributed by atoms with van der Waals surface area (Å²) in [6, 6.07) is 21.0. The van der Waals surface area contributed by atoms with Gasteiger partial charge in [-0.2, -0.15) is 10.5 Å². The topological polar surface area (TPSA) is 66.7 Å². The van der Waals surface area contributed by atoms with Gasteiger partial charge in [0.15, 0.2) is 0 Å². The molecule has 5 rings (SSSR count). The maximum absolute atomic E-state index is 9.65. The van der Waals surface area contributed by atoms with E-state index in [1.165, 1.54) is 60.3 Å². The Bertz CT molecular complexity index is 1740. The third-order valence-electron chi connectivity index (χ3n) is 8.34. The number of unbranched alkanes of at least 4 members (excludes halogenated alkanes) is 6. The van der Waals surface area contributed by atoms with Crippen molar-refractivity contribution in [3.05, 3.63) is 119 Å². The molecule has 0 bridgehead atoms. The molecule has 5 nitrogen and oxygen atoms in total. The number of fused-ring (bicyclic) bond motifs is 2. The molecule has 0 radical (unpaired) electrons. The molecule has 0 unspecified atom stereocenters. The van der Waals surface area contributed by atoms with Gasteiger partial charge in [0, 0.05) is 64.0 Å². The van der Waals surface area contributed by atoms with E-state index in [1.807, 2.05) is 24.3 Å². The predicted octanol–water partition coefficient (Wildman–Crippen LogP) is 10.6. The quantitative estimate of drug-likeness (QED) is 0.108. The van der Waals surface area contributed by atoms with Gasteiger partial charge in [-0.25, -0.2) is 0 Å². The molecule has 1 aliphatic heterocycles. The van der Waals surface area contributed by atoms with Gasteiger partial charge in [0.25, 0.3) is 0 Å². The summed E-state index contributed by atoms with van der Waals surface area (Å²) in [5.74, 6) is 1.15. The zero-order valence-electron chi connectivity index (χ0n) is 26.5. The van der Waals surface area contributed by atoms with Crippen LogP contribution in [-0.2, 0) is 17.8 Å². The maximum atomic E-state index is 9.65. The molecule has 0 fully saturated rings. The summed E-state index contributed by atoms with van der Waals surface area (Å²) < 4.78 is 11.0. The third kappa shape index (κ3) is 7.75. The molecular formula is C40H42N4O. The average Bonchev–Trinajstić information content (AvgIpc) is 3.61. The number of nitriles is 2. The van der Waals surface area contributed by atoms with Gasteiger partial charge in [-0.15, -0.1) is 0 Å². The predicted molar refractivity (Wildman–Crippen MR) is 186 cm³/mol. The summed E-state index contributed by atoms with van der Waals surface area (Å²) in [5.41, 5.74) is 5.25. The number of para-hydroxylation sites is 2. The lowest BCUT2D eigenvalue weighted by Crippen LogP contribution is -1.98. The maximum Gasteiger partial charge on any atom is 0.137 e. The van der Waals surface area contributed by atoms with Crippen LogP contribution in [0.2, 0.25) is 0 Å². The molecule has 0 saturated carbocycles. The highest BCUT2D eigenvalue weighted by Gasteiger charge is 2.14. The van der Waals surface area contributed by atoms with E-state index >= 15 is 0 Å². The van der Waals surface area contributed by atoms with Gasteiger partial charge in [-0.3, -0.25) is 0 Å². The fourth-order valence-corrected chi connectivity index (χ4v) is 5.95. The summed E-state index contributed by atoms with van der Waals surface area (Å²) in [4.78, 5) is 0. The van der Waals surface area contributed by atoms with Gasteiger partial charge in [0.2, 0.25) is 0 Å². The Morgan fingerprint density at radius 3 is 1.56 bits per heavy atom. The molecule has 4 aromatic rings. The molecule has 0 saturated heterocycles. The van der Waals surface area contributed by atoms with Crippen LogP contribution in [0.15, 0.2) is 108 Å². The molecule has 228 valence electrons. The molecule has 2 aromatic heterocycles. The molecule has 5 heteroatoms. The number of ether oxygens (including phenoxy) is 1. The van der Waals surface area contributed by atoms with Crippen molar-refractivity contribution in [1.82, 2.24) is 9.13 Å². The smallest absolute Gasteiger partial charge is 0.137 e. The van der Waals surface area contributed by atoms with E-state index in [2.05, 4.69) is 96.1 Å². The van der Waals surface area contributed by atoms with E-state index in [1.54, 1.807) is 12.2 Å². The number of benzene rings is 2. The Morgan fingerprint density at radius 1 is 0.644 bits per heavy atom. The molecule has 0 atom stereocenters. The first-order chi connectivity index (χ1) is 22.1. The lowest BCUT2D eigenvalue weighted by Gasteiger charge is -2.14. The number of hydrogen-bond donors (Lipinski definition) is 0. The van der Waals surface area contributed by atoms with Gasteiger partial charge in [0.05, 0.1) is 0 Å². The van der Waals surface area contributed by atoms with Crippen LogP contribution in [0.5, 0.6) is 0 Å². The van der Waals surface area contributed by atoms with Crippen molar-refractivity contribution in [3.63, 3.8) is 0 Å². The number of hydrogen-bond acceptors (Lipinski definition) is 3. The minimum absolute atomic E-state index is 0.0578. The number of rotatable bonds is 14. The second kappa shape index (κ2) is 15.6. The van der Waals surface area contributed by atoms with Crippen LogP contribution in [0.4, 0.5) is 0 Å². The van der Waals surface area contributed by atoms with Gasteiger partial charge in [0.1, 0.15) is 29.2 Å². The van der Waals surface area contributed by atoms with Crippen molar-refractivity contribution in [2.24, 2.45) is 0 Å². The SMILES string of the molecule is CCCCCCn1cc(/C=C/C2=CC(=C(C#N)C#N)C=C(/C=C/c3cn(CCCCCC)c4ccccc34)O2)c2ccccc21. The number of aryl methyl sites for hydroxylation is 2. The van der Waals surface area contributed by atoms with Gasteiger partial charge in [-0.05, 0) is 61.4 Å².